The van der Waals surface area contributed by atoms with Crippen LogP contribution in [0.2, 0.25) is 0 Å². The number of allylic oxidation sites excluding steroid dienone is 1. The maximum absolute atomic E-state index is 11.9. The van der Waals surface area contributed by atoms with E-state index in [2.05, 4.69) is 9.47 Å². The van der Waals surface area contributed by atoms with Crippen LogP contribution in [0.1, 0.15) is 6.92 Å². The topological polar surface area (TPSA) is 18.5 Å². The van der Waals surface area contributed by atoms with Crippen molar-refractivity contribution in [3.63, 3.8) is 0 Å². The zero-order valence-electron chi connectivity index (χ0n) is 4.45. The minimum atomic E-state index is -3.81. The molecule has 1 heterocycles. The standard InChI is InChI=1S/C4H3F3O2/c1-2-3(5)9-4(6,7)8-2/h1H3. The lowest BCUT2D eigenvalue weighted by Gasteiger charge is -2.04. The molecule has 52 valence electrons. The van der Waals surface area contributed by atoms with E-state index in [9.17, 15) is 13.2 Å². The molecule has 5 heteroatoms. The third-order valence-electron chi connectivity index (χ3n) is 0.757. The molecule has 0 aromatic carbocycles. The highest BCUT2D eigenvalue weighted by Crippen LogP contribution is 2.33. The van der Waals surface area contributed by atoms with E-state index in [1.807, 2.05) is 0 Å². The zero-order chi connectivity index (χ0) is 7.07. The molecule has 0 radical (unpaired) electrons. The first-order chi connectivity index (χ1) is 4.01. The third-order valence-corrected chi connectivity index (χ3v) is 0.757. The maximum Gasteiger partial charge on any atom is 0.587 e. The van der Waals surface area contributed by atoms with E-state index in [4.69, 9.17) is 0 Å². The monoisotopic (exact) mass is 140 g/mol. The molecule has 0 saturated heterocycles. The molecule has 1 rings (SSSR count). The van der Waals surface area contributed by atoms with Gasteiger partial charge in [-0.2, -0.15) is 4.39 Å². The van der Waals surface area contributed by atoms with Crippen molar-refractivity contribution in [2.24, 2.45) is 0 Å². The van der Waals surface area contributed by atoms with Crippen molar-refractivity contribution in [3.05, 3.63) is 11.8 Å². The number of ether oxygens (including phenoxy) is 2. The summed E-state index contributed by atoms with van der Waals surface area (Å²) in [5.41, 5.74) is 0. The molecule has 0 atom stereocenters. The van der Waals surface area contributed by atoms with Crippen molar-refractivity contribution in [1.82, 2.24) is 0 Å². The molecular weight excluding hydrogens is 137 g/mol. The van der Waals surface area contributed by atoms with Crippen LogP contribution in [-0.2, 0) is 9.47 Å². The van der Waals surface area contributed by atoms with Gasteiger partial charge in [-0.1, -0.05) is 0 Å². The Morgan fingerprint density at radius 3 is 2.00 bits per heavy atom. The van der Waals surface area contributed by atoms with Gasteiger partial charge in [0.15, 0.2) is 5.76 Å². The molecule has 0 aromatic heterocycles. The van der Waals surface area contributed by atoms with E-state index in [0.717, 1.165) is 6.92 Å². The summed E-state index contributed by atoms with van der Waals surface area (Å²) in [6.07, 6.45) is -3.81. The molecule has 0 amide bonds. The number of alkyl halides is 2. The predicted octanol–water partition coefficient (Wildman–Crippen LogP) is 1.74. The van der Waals surface area contributed by atoms with Gasteiger partial charge in [0.05, 0.1) is 0 Å². The Hall–Kier alpha value is -0.870. The van der Waals surface area contributed by atoms with E-state index in [1.165, 1.54) is 0 Å². The predicted molar refractivity (Wildman–Crippen MR) is 20.9 cm³/mol. The van der Waals surface area contributed by atoms with Gasteiger partial charge >= 0.3 is 12.3 Å². The van der Waals surface area contributed by atoms with Gasteiger partial charge in [0.1, 0.15) is 0 Å². The summed E-state index contributed by atoms with van der Waals surface area (Å²) in [7, 11) is 0. The molecule has 0 fully saturated rings. The van der Waals surface area contributed by atoms with Crippen molar-refractivity contribution in [2.45, 2.75) is 13.2 Å². The average molecular weight is 140 g/mol. The lowest BCUT2D eigenvalue weighted by molar-refractivity contribution is -0.341. The van der Waals surface area contributed by atoms with Crippen LogP contribution < -0.4 is 0 Å². The molecule has 1 aliphatic rings. The highest BCUT2D eigenvalue weighted by atomic mass is 19.3. The Bertz CT molecular complexity index is 147. The minimum absolute atomic E-state index is 0.528. The number of hydrogen-bond donors (Lipinski definition) is 0. The van der Waals surface area contributed by atoms with Gasteiger partial charge in [-0.25, -0.2) is 0 Å². The van der Waals surface area contributed by atoms with Crippen molar-refractivity contribution < 1.29 is 22.6 Å². The normalized spacial score (nSPS) is 23.6. The number of rotatable bonds is 0. The second-order valence-corrected chi connectivity index (χ2v) is 1.50. The summed E-state index contributed by atoms with van der Waals surface area (Å²) in [4.78, 5) is 0. The van der Waals surface area contributed by atoms with Crippen LogP contribution in [0.15, 0.2) is 11.8 Å². The SMILES string of the molecule is CC1=C(F)OC(F)(F)O1. The Labute approximate surface area is 48.9 Å². The Kier molecular flexibility index (Phi) is 1.08. The summed E-state index contributed by atoms with van der Waals surface area (Å²) in [6, 6.07) is -1.36. The van der Waals surface area contributed by atoms with Gasteiger partial charge < -0.3 is 9.47 Å². The number of halogens is 3. The van der Waals surface area contributed by atoms with Crippen LogP contribution in [0.25, 0.3) is 0 Å². The largest absolute Gasteiger partial charge is 0.587 e. The first-order valence-electron chi connectivity index (χ1n) is 2.13. The van der Waals surface area contributed by atoms with Crippen LogP contribution in [0.5, 0.6) is 0 Å². The molecule has 1 aliphatic heterocycles. The van der Waals surface area contributed by atoms with E-state index in [0.29, 0.717) is 0 Å². The van der Waals surface area contributed by atoms with E-state index >= 15 is 0 Å². The first-order valence-corrected chi connectivity index (χ1v) is 2.13. The summed E-state index contributed by atoms with van der Waals surface area (Å²) >= 11 is 0. The molecule has 9 heavy (non-hydrogen) atoms. The molecular formula is C4H3F3O2. The zero-order valence-corrected chi connectivity index (χ0v) is 4.45. The van der Waals surface area contributed by atoms with Gasteiger partial charge in [0.2, 0.25) is 0 Å². The molecule has 0 aliphatic carbocycles. The van der Waals surface area contributed by atoms with Gasteiger partial charge in [-0.05, 0) is 0 Å². The van der Waals surface area contributed by atoms with Crippen LogP contribution in [0.4, 0.5) is 13.2 Å². The summed E-state index contributed by atoms with van der Waals surface area (Å²) < 4.78 is 42.2. The first kappa shape index (κ1) is 6.25. The fourth-order valence-corrected chi connectivity index (χ4v) is 0.415. The van der Waals surface area contributed by atoms with Crippen LogP contribution in [-0.4, -0.2) is 6.29 Å². The molecule has 0 saturated carbocycles. The number of hydrogen-bond acceptors (Lipinski definition) is 2. The molecule has 0 N–H and O–H groups in total. The van der Waals surface area contributed by atoms with Crippen LogP contribution in [0, 0.1) is 0 Å². The summed E-state index contributed by atoms with van der Waals surface area (Å²) in [5.74, 6) is -0.528. The Morgan fingerprint density at radius 2 is 1.89 bits per heavy atom. The molecule has 0 spiro atoms. The van der Waals surface area contributed by atoms with Crippen LogP contribution in [0.3, 0.4) is 0 Å². The summed E-state index contributed by atoms with van der Waals surface area (Å²) in [5, 5.41) is 0. The lowest BCUT2D eigenvalue weighted by Crippen LogP contribution is -2.15. The lowest BCUT2D eigenvalue weighted by atomic mass is 10.6. The Balaban J connectivity index is 2.70. The second-order valence-electron chi connectivity index (χ2n) is 1.50. The second kappa shape index (κ2) is 1.55. The molecule has 0 aromatic rings. The highest BCUT2D eigenvalue weighted by molar-refractivity contribution is 4.94. The average Bonchev–Trinajstić information content (AvgIpc) is 1.79. The van der Waals surface area contributed by atoms with Gasteiger partial charge in [0, 0.05) is 6.92 Å². The Morgan fingerprint density at radius 1 is 1.33 bits per heavy atom. The van der Waals surface area contributed by atoms with E-state index < -0.39 is 18.1 Å². The summed E-state index contributed by atoms with van der Waals surface area (Å²) in [6.45, 7) is 1.05. The molecule has 0 unspecified atom stereocenters. The van der Waals surface area contributed by atoms with Crippen molar-refractivity contribution in [1.29, 1.82) is 0 Å². The maximum atomic E-state index is 11.9. The van der Waals surface area contributed by atoms with E-state index in [1.54, 1.807) is 0 Å². The van der Waals surface area contributed by atoms with Crippen molar-refractivity contribution in [2.75, 3.05) is 0 Å². The van der Waals surface area contributed by atoms with Gasteiger partial charge in [0.25, 0.3) is 0 Å². The smallest absolute Gasteiger partial charge is 0.397 e. The van der Waals surface area contributed by atoms with E-state index in [-0.39, 0.29) is 0 Å². The van der Waals surface area contributed by atoms with Crippen molar-refractivity contribution in [3.8, 4) is 0 Å². The quantitative estimate of drug-likeness (QED) is 0.510. The fraction of sp³-hybridized carbons (Fsp3) is 0.500. The molecule has 2 nitrogen and oxygen atoms in total. The van der Waals surface area contributed by atoms with Crippen molar-refractivity contribution >= 4 is 0 Å². The third kappa shape index (κ3) is 1.09. The van der Waals surface area contributed by atoms with Gasteiger partial charge in [-0.15, -0.1) is 8.78 Å². The van der Waals surface area contributed by atoms with Crippen LogP contribution >= 0.6 is 0 Å². The fourth-order valence-electron chi connectivity index (χ4n) is 0.415. The molecule has 0 bridgehead atoms. The minimum Gasteiger partial charge on any atom is -0.397 e. The highest BCUT2D eigenvalue weighted by Gasteiger charge is 2.43. The van der Waals surface area contributed by atoms with Gasteiger partial charge in [-0.3, -0.25) is 0 Å².